The van der Waals surface area contributed by atoms with Crippen molar-refractivity contribution in [1.82, 2.24) is 5.32 Å². The molecule has 1 saturated heterocycles. The zero-order chi connectivity index (χ0) is 12.6. The lowest BCUT2D eigenvalue weighted by Gasteiger charge is -2.40. The second-order valence-electron chi connectivity index (χ2n) is 5.34. The van der Waals surface area contributed by atoms with E-state index in [9.17, 15) is 0 Å². The SMILES string of the molecule is CNC1(C)CCN(c2ccc3c(c2)OCO3)CC1. The van der Waals surface area contributed by atoms with Crippen LogP contribution in [0.1, 0.15) is 19.8 Å². The molecule has 4 nitrogen and oxygen atoms in total. The Morgan fingerprint density at radius 3 is 2.61 bits per heavy atom. The van der Waals surface area contributed by atoms with Gasteiger partial charge in [-0.1, -0.05) is 0 Å². The molecule has 98 valence electrons. The number of piperidine rings is 1. The molecule has 0 radical (unpaired) electrons. The molecule has 18 heavy (non-hydrogen) atoms. The maximum atomic E-state index is 5.43. The van der Waals surface area contributed by atoms with Gasteiger partial charge in [-0.25, -0.2) is 0 Å². The van der Waals surface area contributed by atoms with Crippen LogP contribution in [0.5, 0.6) is 11.5 Å². The van der Waals surface area contributed by atoms with E-state index < -0.39 is 0 Å². The Morgan fingerprint density at radius 2 is 1.89 bits per heavy atom. The smallest absolute Gasteiger partial charge is 0.231 e. The molecule has 3 rings (SSSR count). The number of nitrogens with zero attached hydrogens (tertiary/aromatic N) is 1. The van der Waals surface area contributed by atoms with Crippen LogP contribution in [-0.2, 0) is 0 Å². The molecule has 1 N–H and O–H groups in total. The van der Waals surface area contributed by atoms with Gasteiger partial charge in [0.1, 0.15) is 0 Å². The molecular formula is C14H20N2O2. The first-order valence-corrected chi connectivity index (χ1v) is 6.54. The van der Waals surface area contributed by atoms with Crippen molar-refractivity contribution >= 4 is 5.69 Å². The molecule has 0 unspecified atom stereocenters. The number of hydrogen-bond acceptors (Lipinski definition) is 4. The number of nitrogens with one attached hydrogen (secondary N) is 1. The van der Waals surface area contributed by atoms with Gasteiger partial charge in [-0.2, -0.15) is 0 Å². The minimum Gasteiger partial charge on any atom is -0.454 e. The van der Waals surface area contributed by atoms with E-state index in [4.69, 9.17) is 9.47 Å². The van der Waals surface area contributed by atoms with Gasteiger partial charge < -0.3 is 19.7 Å². The molecule has 2 aliphatic rings. The summed E-state index contributed by atoms with van der Waals surface area (Å²) in [6.45, 7) is 4.80. The highest BCUT2D eigenvalue weighted by atomic mass is 16.7. The van der Waals surface area contributed by atoms with E-state index in [1.807, 2.05) is 6.07 Å². The summed E-state index contributed by atoms with van der Waals surface area (Å²) in [6, 6.07) is 6.21. The summed E-state index contributed by atoms with van der Waals surface area (Å²) in [5.74, 6) is 1.73. The van der Waals surface area contributed by atoms with Gasteiger partial charge >= 0.3 is 0 Å². The van der Waals surface area contributed by atoms with E-state index in [0.717, 1.165) is 37.4 Å². The monoisotopic (exact) mass is 248 g/mol. The van der Waals surface area contributed by atoms with E-state index in [1.165, 1.54) is 5.69 Å². The van der Waals surface area contributed by atoms with Gasteiger partial charge in [-0.3, -0.25) is 0 Å². The lowest BCUT2D eigenvalue weighted by Crippen LogP contribution is -2.50. The van der Waals surface area contributed by atoms with E-state index in [0.29, 0.717) is 6.79 Å². The Kier molecular flexibility index (Phi) is 2.82. The van der Waals surface area contributed by atoms with E-state index in [2.05, 4.69) is 36.3 Å². The van der Waals surface area contributed by atoms with Crippen LogP contribution < -0.4 is 19.7 Å². The van der Waals surface area contributed by atoms with Crippen LogP contribution in [0, 0.1) is 0 Å². The van der Waals surface area contributed by atoms with Crippen molar-refractivity contribution in [1.29, 1.82) is 0 Å². The topological polar surface area (TPSA) is 33.7 Å². The molecule has 0 bridgehead atoms. The first kappa shape index (κ1) is 11.7. The zero-order valence-electron chi connectivity index (χ0n) is 11.0. The molecule has 1 aromatic rings. The van der Waals surface area contributed by atoms with Gasteiger partial charge in [0.05, 0.1) is 0 Å². The molecule has 0 aromatic heterocycles. The Labute approximate surface area is 108 Å². The third-order valence-electron chi connectivity index (χ3n) is 4.19. The summed E-state index contributed by atoms with van der Waals surface area (Å²) in [6.07, 6.45) is 2.33. The van der Waals surface area contributed by atoms with Crippen molar-refractivity contribution in [3.8, 4) is 11.5 Å². The van der Waals surface area contributed by atoms with Crippen LogP contribution in [0.4, 0.5) is 5.69 Å². The van der Waals surface area contributed by atoms with Crippen LogP contribution >= 0.6 is 0 Å². The minimum atomic E-state index is 0.285. The Morgan fingerprint density at radius 1 is 1.17 bits per heavy atom. The quantitative estimate of drug-likeness (QED) is 0.868. The number of fused-ring (bicyclic) bond motifs is 1. The number of hydrogen-bond donors (Lipinski definition) is 1. The van der Waals surface area contributed by atoms with Crippen molar-refractivity contribution in [2.45, 2.75) is 25.3 Å². The number of ether oxygens (including phenoxy) is 2. The Balaban J connectivity index is 1.73. The standard InChI is InChI=1S/C14H20N2O2/c1-14(15-2)5-7-16(8-6-14)11-3-4-12-13(9-11)18-10-17-12/h3-4,9,15H,5-8,10H2,1-2H3. The average molecular weight is 248 g/mol. The molecule has 0 aliphatic carbocycles. The van der Waals surface area contributed by atoms with E-state index in [1.54, 1.807) is 0 Å². The van der Waals surface area contributed by atoms with Gasteiger partial charge in [0.2, 0.25) is 6.79 Å². The van der Waals surface area contributed by atoms with Crippen molar-refractivity contribution < 1.29 is 9.47 Å². The van der Waals surface area contributed by atoms with Crippen LogP contribution in [0.15, 0.2) is 18.2 Å². The van der Waals surface area contributed by atoms with Gasteiger partial charge in [0.25, 0.3) is 0 Å². The van der Waals surface area contributed by atoms with Gasteiger partial charge in [-0.05, 0) is 38.9 Å². The van der Waals surface area contributed by atoms with Gasteiger partial charge in [-0.15, -0.1) is 0 Å². The molecule has 2 heterocycles. The molecule has 2 aliphatic heterocycles. The molecule has 0 saturated carbocycles. The number of anilines is 1. The second-order valence-corrected chi connectivity index (χ2v) is 5.34. The third-order valence-corrected chi connectivity index (χ3v) is 4.19. The van der Waals surface area contributed by atoms with E-state index >= 15 is 0 Å². The fourth-order valence-corrected chi connectivity index (χ4v) is 2.59. The molecule has 0 spiro atoms. The van der Waals surface area contributed by atoms with Crippen LogP contribution in [0.3, 0.4) is 0 Å². The summed E-state index contributed by atoms with van der Waals surface area (Å²) in [4.78, 5) is 2.42. The molecule has 4 heteroatoms. The summed E-state index contributed by atoms with van der Waals surface area (Å²) >= 11 is 0. The zero-order valence-corrected chi connectivity index (χ0v) is 11.0. The van der Waals surface area contributed by atoms with Gasteiger partial charge in [0.15, 0.2) is 11.5 Å². The first-order chi connectivity index (χ1) is 8.70. The van der Waals surface area contributed by atoms with Crippen molar-refractivity contribution in [3.63, 3.8) is 0 Å². The maximum absolute atomic E-state index is 5.43. The van der Waals surface area contributed by atoms with E-state index in [-0.39, 0.29) is 5.54 Å². The Bertz CT molecular complexity index is 439. The highest BCUT2D eigenvalue weighted by Gasteiger charge is 2.28. The molecule has 0 amide bonds. The maximum Gasteiger partial charge on any atom is 0.231 e. The fourth-order valence-electron chi connectivity index (χ4n) is 2.59. The molecule has 0 atom stereocenters. The highest BCUT2D eigenvalue weighted by molar-refractivity contribution is 5.57. The normalized spacial score (nSPS) is 21.1. The molecular weight excluding hydrogens is 228 g/mol. The Hall–Kier alpha value is -1.42. The van der Waals surface area contributed by atoms with Crippen LogP contribution in [0.2, 0.25) is 0 Å². The summed E-state index contributed by atoms with van der Waals surface area (Å²) < 4.78 is 10.8. The average Bonchev–Trinajstić information content (AvgIpc) is 2.87. The predicted octanol–water partition coefficient (Wildman–Crippen LogP) is 1.99. The largest absolute Gasteiger partial charge is 0.454 e. The highest BCUT2D eigenvalue weighted by Crippen LogP contribution is 2.36. The van der Waals surface area contributed by atoms with Crippen molar-refractivity contribution in [2.24, 2.45) is 0 Å². The lowest BCUT2D eigenvalue weighted by atomic mass is 9.89. The molecule has 1 fully saturated rings. The van der Waals surface area contributed by atoms with Crippen LogP contribution in [0.25, 0.3) is 0 Å². The van der Waals surface area contributed by atoms with Crippen molar-refractivity contribution in [3.05, 3.63) is 18.2 Å². The first-order valence-electron chi connectivity index (χ1n) is 6.54. The van der Waals surface area contributed by atoms with Crippen LogP contribution in [-0.4, -0.2) is 32.5 Å². The number of benzene rings is 1. The summed E-state index contributed by atoms with van der Waals surface area (Å²) in [7, 11) is 2.05. The van der Waals surface area contributed by atoms with Crippen molar-refractivity contribution in [2.75, 3.05) is 31.8 Å². The van der Waals surface area contributed by atoms with Gasteiger partial charge in [0, 0.05) is 30.4 Å². The summed E-state index contributed by atoms with van der Waals surface area (Å²) in [5.41, 5.74) is 1.52. The molecule has 1 aromatic carbocycles. The second kappa shape index (κ2) is 4.35. The fraction of sp³-hybridized carbons (Fsp3) is 0.571. The third kappa shape index (κ3) is 2.01. The minimum absolute atomic E-state index is 0.285. The lowest BCUT2D eigenvalue weighted by molar-refractivity contribution is 0.174. The summed E-state index contributed by atoms with van der Waals surface area (Å²) in [5, 5.41) is 3.42. The predicted molar refractivity (Wildman–Crippen MR) is 71.5 cm³/mol. The number of rotatable bonds is 2.